The van der Waals surface area contributed by atoms with Crippen molar-refractivity contribution >= 4 is 5.91 Å². The van der Waals surface area contributed by atoms with Crippen molar-refractivity contribution in [2.45, 2.75) is 19.3 Å². The van der Waals surface area contributed by atoms with Crippen molar-refractivity contribution in [1.82, 2.24) is 10.2 Å². The van der Waals surface area contributed by atoms with Gasteiger partial charge in [0.1, 0.15) is 5.75 Å². The molecule has 1 amide bonds. The average Bonchev–Trinajstić information content (AvgIpc) is 2.60. The highest BCUT2D eigenvalue weighted by molar-refractivity contribution is 5.82. The van der Waals surface area contributed by atoms with E-state index in [1.54, 1.807) is 7.11 Å². The maximum atomic E-state index is 12.9. The van der Waals surface area contributed by atoms with Gasteiger partial charge in [0.15, 0.2) is 0 Å². The van der Waals surface area contributed by atoms with E-state index in [-0.39, 0.29) is 11.3 Å². The molecule has 0 aromatic heterocycles. The van der Waals surface area contributed by atoms with E-state index in [9.17, 15) is 4.79 Å². The molecule has 1 aliphatic rings. The Morgan fingerprint density at radius 1 is 1.26 bits per heavy atom. The summed E-state index contributed by atoms with van der Waals surface area (Å²) in [5.74, 6) is 1.07. The van der Waals surface area contributed by atoms with E-state index < -0.39 is 0 Å². The van der Waals surface area contributed by atoms with Gasteiger partial charge in [-0.15, -0.1) is 0 Å². The van der Waals surface area contributed by atoms with Crippen LogP contribution in [-0.2, 0) is 9.53 Å². The number of carbonyl (C=O) groups is 1. The van der Waals surface area contributed by atoms with Crippen LogP contribution in [0.4, 0.5) is 0 Å². The van der Waals surface area contributed by atoms with E-state index in [0.717, 1.165) is 38.1 Å². The van der Waals surface area contributed by atoms with Gasteiger partial charge in [-0.1, -0.05) is 18.2 Å². The van der Waals surface area contributed by atoms with Gasteiger partial charge in [-0.3, -0.25) is 4.79 Å². The molecule has 1 fully saturated rings. The molecule has 23 heavy (non-hydrogen) atoms. The summed E-state index contributed by atoms with van der Waals surface area (Å²) in [5, 5.41) is 3.32. The summed E-state index contributed by atoms with van der Waals surface area (Å²) in [6.07, 6.45) is 2.49. The summed E-state index contributed by atoms with van der Waals surface area (Å²) in [4.78, 5) is 14.7. The summed E-state index contributed by atoms with van der Waals surface area (Å²) < 4.78 is 11.0. The van der Waals surface area contributed by atoms with Crippen LogP contribution in [0.15, 0.2) is 30.3 Å². The van der Waals surface area contributed by atoms with Crippen LogP contribution in [0.3, 0.4) is 0 Å². The molecule has 1 aromatic rings. The number of hydrogen-bond acceptors (Lipinski definition) is 4. The lowest BCUT2D eigenvalue weighted by molar-refractivity contribution is -0.146. The second kappa shape index (κ2) is 8.89. The van der Waals surface area contributed by atoms with E-state index >= 15 is 0 Å². The first-order valence-electron chi connectivity index (χ1n) is 8.31. The van der Waals surface area contributed by atoms with Gasteiger partial charge in [0.05, 0.1) is 18.6 Å². The average molecular weight is 320 g/mol. The molecule has 0 saturated carbocycles. The maximum Gasteiger partial charge on any atom is 0.230 e. The first-order chi connectivity index (χ1) is 11.2. The van der Waals surface area contributed by atoms with E-state index in [1.165, 1.54) is 0 Å². The molecule has 1 aliphatic heterocycles. The number of benzene rings is 1. The second-order valence-corrected chi connectivity index (χ2v) is 6.21. The number of nitrogens with one attached hydrogen (secondary N) is 1. The van der Waals surface area contributed by atoms with Gasteiger partial charge in [0.2, 0.25) is 5.91 Å². The fourth-order valence-electron chi connectivity index (χ4n) is 3.12. The van der Waals surface area contributed by atoms with Gasteiger partial charge in [0, 0.05) is 20.7 Å². The van der Waals surface area contributed by atoms with Crippen LogP contribution in [-0.4, -0.2) is 57.8 Å². The number of methoxy groups -OCH3 is 1. The lowest BCUT2D eigenvalue weighted by Crippen LogP contribution is -2.50. The van der Waals surface area contributed by atoms with Crippen LogP contribution >= 0.6 is 0 Å². The molecule has 2 rings (SSSR count). The highest BCUT2D eigenvalue weighted by Gasteiger charge is 2.41. The van der Waals surface area contributed by atoms with E-state index in [0.29, 0.717) is 19.8 Å². The molecule has 0 bridgehead atoms. The smallest absolute Gasteiger partial charge is 0.230 e. The Kier molecular flexibility index (Phi) is 6.86. The predicted octanol–water partition coefficient (Wildman–Crippen LogP) is 1.93. The lowest BCUT2D eigenvalue weighted by atomic mass is 9.78. The normalized spacial score (nSPS) is 16.8. The van der Waals surface area contributed by atoms with Crippen molar-refractivity contribution < 1.29 is 14.3 Å². The predicted molar refractivity (Wildman–Crippen MR) is 90.6 cm³/mol. The quantitative estimate of drug-likeness (QED) is 0.744. The number of ether oxygens (including phenoxy) is 2. The van der Waals surface area contributed by atoms with Crippen molar-refractivity contribution in [2.24, 2.45) is 5.41 Å². The van der Waals surface area contributed by atoms with Crippen LogP contribution in [0.25, 0.3) is 0 Å². The van der Waals surface area contributed by atoms with Crippen molar-refractivity contribution in [3.05, 3.63) is 30.3 Å². The van der Waals surface area contributed by atoms with Crippen molar-refractivity contribution in [2.75, 3.05) is 47.0 Å². The Labute approximate surface area is 139 Å². The highest BCUT2D eigenvalue weighted by Crippen LogP contribution is 2.31. The zero-order chi connectivity index (χ0) is 16.5. The van der Waals surface area contributed by atoms with Crippen LogP contribution in [0, 0.1) is 5.41 Å². The number of carbonyl (C=O) groups excluding carboxylic acids is 1. The van der Waals surface area contributed by atoms with E-state index in [4.69, 9.17) is 9.47 Å². The molecule has 0 unspecified atom stereocenters. The third-order valence-corrected chi connectivity index (χ3v) is 4.43. The van der Waals surface area contributed by atoms with Crippen LogP contribution in [0.2, 0.25) is 0 Å². The van der Waals surface area contributed by atoms with Gasteiger partial charge in [-0.2, -0.15) is 0 Å². The monoisotopic (exact) mass is 320 g/mol. The molecule has 0 atom stereocenters. The van der Waals surface area contributed by atoms with Crippen LogP contribution < -0.4 is 10.1 Å². The van der Waals surface area contributed by atoms with Crippen molar-refractivity contribution in [1.29, 1.82) is 0 Å². The zero-order valence-corrected chi connectivity index (χ0v) is 14.2. The third kappa shape index (κ3) is 4.94. The summed E-state index contributed by atoms with van der Waals surface area (Å²) in [5.41, 5.74) is -0.366. The van der Waals surface area contributed by atoms with Gasteiger partial charge < -0.3 is 19.7 Å². The molecule has 1 heterocycles. The summed E-state index contributed by atoms with van der Waals surface area (Å²) in [6, 6.07) is 9.76. The molecule has 5 heteroatoms. The molecule has 5 nitrogen and oxygen atoms in total. The zero-order valence-electron chi connectivity index (χ0n) is 14.2. The minimum Gasteiger partial charge on any atom is -0.494 e. The Bertz CT molecular complexity index is 467. The number of para-hydroxylation sites is 1. The van der Waals surface area contributed by atoms with E-state index in [2.05, 4.69) is 5.32 Å². The number of nitrogens with zero attached hydrogens (tertiary/aromatic N) is 1. The Hall–Kier alpha value is -1.59. The van der Waals surface area contributed by atoms with Crippen molar-refractivity contribution in [3.8, 4) is 5.75 Å². The fraction of sp³-hybridized carbons (Fsp3) is 0.611. The first kappa shape index (κ1) is 17.8. The molecule has 1 aromatic carbocycles. The third-order valence-electron chi connectivity index (χ3n) is 4.43. The fourth-order valence-corrected chi connectivity index (χ4v) is 3.12. The first-order valence-corrected chi connectivity index (χ1v) is 8.31. The highest BCUT2D eigenvalue weighted by atomic mass is 16.5. The minimum absolute atomic E-state index is 0.195. The summed E-state index contributed by atoms with van der Waals surface area (Å²) in [7, 11) is 3.55. The number of amides is 1. The van der Waals surface area contributed by atoms with E-state index in [1.807, 2.05) is 42.3 Å². The molecule has 0 radical (unpaired) electrons. The molecule has 0 aliphatic carbocycles. The lowest BCUT2D eigenvalue weighted by Gasteiger charge is -2.38. The second-order valence-electron chi connectivity index (χ2n) is 6.21. The maximum absolute atomic E-state index is 12.9. The van der Waals surface area contributed by atoms with Crippen molar-refractivity contribution in [3.63, 3.8) is 0 Å². The minimum atomic E-state index is -0.366. The molecule has 1 saturated heterocycles. The number of hydrogen-bond donors (Lipinski definition) is 1. The van der Waals surface area contributed by atoms with Gasteiger partial charge in [0.25, 0.3) is 0 Å². The SMILES string of the molecule is COCC1(C(=O)N(C)CCCOc2ccccc2)CCNCC1. The molecule has 0 spiro atoms. The van der Waals surface area contributed by atoms with Gasteiger partial charge in [-0.05, 0) is 44.5 Å². The standard InChI is InChI=1S/C18H28N2O3/c1-20(13-6-14-23-16-7-4-3-5-8-16)17(21)18(15-22-2)9-11-19-12-10-18/h3-5,7-8,19H,6,9-15H2,1-2H3. The molecular weight excluding hydrogens is 292 g/mol. The van der Waals surface area contributed by atoms with Gasteiger partial charge >= 0.3 is 0 Å². The Morgan fingerprint density at radius 2 is 1.96 bits per heavy atom. The van der Waals surface area contributed by atoms with Gasteiger partial charge in [-0.25, -0.2) is 0 Å². The summed E-state index contributed by atoms with van der Waals surface area (Å²) >= 11 is 0. The topological polar surface area (TPSA) is 50.8 Å². The number of rotatable bonds is 8. The summed E-state index contributed by atoms with van der Waals surface area (Å²) in [6.45, 7) is 3.56. The number of piperidine rings is 1. The molecule has 128 valence electrons. The Morgan fingerprint density at radius 3 is 2.61 bits per heavy atom. The Balaban J connectivity index is 1.79. The van der Waals surface area contributed by atoms with Crippen LogP contribution in [0.5, 0.6) is 5.75 Å². The molecule has 1 N–H and O–H groups in total. The van der Waals surface area contributed by atoms with Crippen LogP contribution in [0.1, 0.15) is 19.3 Å². The largest absolute Gasteiger partial charge is 0.494 e. The molecular formula is C18H28N2O3.